The molecule has 1 aromatic rings. The minimum atomic E-state index is 0.130. The standard InChI is InChI=1S/C13H22N4O/c1-10(2)13-15-4-6-17(13)5-3-12(18)16-9-11-7-14-8-11/h4,6,10-11,14H,3,5,7-9H2,1-2H3,(H,16,18). The first kappa shape index (κ1) is 13.1. The van der Waals surface area contributed by atoms with Gasteiger partial charge in [0.15, 0.2) is 0 Å². The van der Waals surface area contributed by atoms with Crippen molar-refractivity contribution >= 4 is 5.91 Å². The molecular formula is C13H22N4O. The maximum Gasteiger partial charge on any atom is 0.221 e. The summed E-state index contributed by atoms with van der Waals surface area (Å²) < 4.78 is 2.06. The van der Waals surface area contributed by atoms with E-state index in [1.54, 1.807) is 6.20 Å². The number of nitrogens with zero attached hydrogens (tertiary/aromatic N) is 2. The Balaban J connectivity index is 1.72. The predicted octanol–water partition coefficient (Wildman–Crippen LogP) is 0.732. The molecule has 1 saturated heterocycles. The summed E-state index contributed by atoms with van der Waals surface area (Å²) >= 11 is 0. The number of amides is 1. The van der Waals surface area contributed by atoms with Crippen LogP contribution in [0.25, 0.3) is 0 Å². The predicted molar refractivity (Wildman–Crippen MR) is 70.3 cm³/mol. The molecule has 2 rings (SSSR count). The van der Waals surface area contributed by atoms with Gasteiger partial charge in [-0.2, -0.15) is 0 Å². The Kier molecular flexibility index (Phi) is 4.36. The SMILES string of the molecule is CC(C)c1nccn1CCC(=O)NCC1CNC1. The molecular weight excluding hydrogens is 228 g/mol. The van der Waals surface area contributed by atoms with Crippen LogP contribution in [0.5, 0.6) is 0 Å². The average molecular weight is 250 g/mol. The van der Waals surface area contributed by atoms with Crippen LogP contribution in [0.15, 0.2) is 12.4 Å². The third kappa shape index (κ3) is 3.32. The number of aromatic nitrogens is 2. The van der Waals surface area contributed by atoms with Crippen molar-refractivity contribution in [3.63, 3.8) is 0 Å². The molecule has 0 aromatic carbocycles. The van der Waals surface area contributed by atoms with Gasteiger partial charge in [-0.05, 0) is 0 Å². The van der Waals surface area contributed by atoms with Crippen molar-refractivity contribution in [2.24, 2.45) is 5.92 Å². The van der Waals surface area contributed by atoms with E-state index in [1.165, 1.54) is 0 Å². The fourth-order valence-electron chi connectivity index (χ4n) is 2.07. The van der Waals surface area contributed by atoms with Crippen LogP contribution in [0.4, 0.5) is 0 Å². The largest absolute Gasteiger partial charge is 0.356 e. The van der Waals surface area contributed by atoms with Gasteiger partial charge >= 0.3 is 0 Å². The van der Waals surface area contributed by atoms with Crippen LogP contribution < -0.4 is 10.6 Å². The van der Waals surface area contributed by atoms with E-state index in [0.717, 1.165) is 25.5 Å². The van der Waals surface area contributed by atoms with Gasteiger partial charge in [-0.3, -0.25) is 4.79 Å². The van der Waals surface area contributed by atoms with Crippen molar-refractivity contribution in [1.29, 1.82) is 0 Å². The third-order valence-corrected chi connectivity index (χ3v) is 3.30. The number of hydrogen-bond donors (Lipinski definition) is 2. The van der Waals surface area contributed by atoms with Gasteiger partial charge in [0.25, 0.3) is 0 Å². The number of imidazole rings is 1. The number of carbonyl (C=O) groups is 1. The zero-order chi connectivity index (χ0) is 13.0. The van der Waals surface area contributed by atoms with Crippen molar-refractivity contribution in [2.75, 3.05) is 19.6 Å². The molecule has 1 amide bonds. The molecule has 1 fully saturated rings. The van der Waals surface area contributed by atoms with Crippen molar-refractivity contribution < 1.29 is 4.79 Å². The van der Waals surface area contributed by atoms with E-state index in [0.29, 0.717) is 24.8 Å². The molecule has 5 nitrogen and oxygen atoms in total. The maximum absolute atomic E-state index is 11.7. The Morgan fingerprint density at radius 3 is 3.00 bits per heavy atom. The molecule has 2 heterocycles. The van der Waals surface area contributed by atoms with Crippen molar-refractivity contribution in [2.45, 2.75) is 32.7 Å². The maximum atomic E-state index is 11.7. The monoisotopic (exact) mass is 250 g/mol. The number of nitrogens with one attached hydrogen (secondary N) is 2. The highest BCUT2D eigenvalue weighted by molar-refractivity contribution is 5.75. The van der Waals surface area contributed by atoms with Gasteiger partial charge in [0.2, 0.25) is 5.91 Å². The molecule has 0 saturated carbocycles. The number of hydrogen-bond acceptors (Lipinski definition) is 3. The normalized spacial score (nSPS) is 15.7. The summed E-state index contributed by atoms with van der Waals surface area (Å²) in [6.45, 7) is 7.79. The summed E-state index contributed by atoms with van der Waals surface area (Å²) in [5.41, 5.74) is 0. The summed E-state index contributed by atoms with van der Waals surface area (Å²) in [6.07, 6.45) is 4.27. The Hall–Kier alpha value is -1.36. The number of rotatable bonds is 6. The highest BCUT2D eigenvalue weighted by atomic mass is 16.1. The van der Waals surface area contributed by atoms with Gasteiger partial charge in [0.05, 0.1) is 0 Å². The molecule has 2 N–H and O–H groups in total. The first-order valence-corrected chi connectivity index (χ1v) is 6.65. The van der Waals surface area contributed by atoms with Crippen LogP contribution in [-0.4, -0.2) is 35.1 Å². The first-order chi connectivity index (χ1) is 8.66. The van der Waals surface area contributed by atoms with E-state index in [2.05, 4.69) is 34.0 Å². The molecule has 0 radical (unpaired) electrons. The zero-order valence-corrected chi connectivity index (χ0v) is 11.1. The van der Waals surface area contributed by atoms with E-state index in [4.69, 9.17) is 0 Å². The molecule has 0 spiro atoms. The lowest BCUT2D eigenvalue weighted by Gasteiger charge is -2.27. The molecule has 5 heteroatoms. The molecule has 1 aliphatic heterocycles. The lowest BCUT2D eigenvalue weighted by molar-refractivity contribution is -0.121. The lowest BCUT2D eigenvalue weighted by Crippen LogP contribution is -2.48. The van der Waals surface area contributed by atoms with Gasteiger partial charge in [0.1, 0.15) is 5.82 Å². The number of carbonyl (C=O) groups excluding carboxylic acids is 1. The quantitative estimate of drug-likeness (QED) is 0.782. The Labute approximate surface area is 108 Å². The van der Waals surface area contributed by atoms with Crippen LogP contribution in [0.2, 0.25) is 0 Å². The second-order valence-electron chi connectivity index (χ2n) is 5.21. The van der Waals surface area contributed by atoms with Crippen LogP contribution in [0.3, 0.4) is 0 Å². The van der Waals surface area contributed by atoms with Crippen LogP contribution in [0, 0.1) is 5.92 Å². The summed E-state index contributed by atoms with van der Waals surface area (Å²) in [5, 5.41) is 6.18. The van der Waals surface area contributed by atoms with E-state index >= 15 is 0 Å². The molecule has 18 heavy (non-hydrogen) atoms. The summed E-state index contributed by atoms with van der Waals surface area (Å²) in [4.78, 5) is 16.0. The summed E-state index contributed by atoms with van der Waals surface area (Å²) in [6, 6.07) is 0. The Bertz CT molecular complexity index is 395. The van der Waals surface area contributed by atoms with E-state index in [-0.39, 0.29) is 5.91 Å². The molecule has 100 valence electrons. The molecule has 0 aliphatic carbocycles. The van der Waals surface area contributed by atoms with Gasteiger partial charge in [-0.25, -0.2) is 4.98 Å². The molecule has 0 unspecified atom stereocenters. The number of aryl methyl sites for hydroxylation is 1. The fraction of sp³-hybridized carbons (Fsp3) is 0.692. The zero-order valence-electron chi connectivity index (χ0n) is 11.1. The Morgan fingerprint density at radius 2 is 2.39 bits per heavy atom. The minimum absolute atomic E-state index is 0.130. The summed E-state index contributed by atoms with van der Waals surface area (Å²) in [7, 11) is 0. The highest BCUT2D eigenvalue weighted by Gasteiger charge is 2.17. The van der Waals surface area contributed by atoms with E-state index < -0.39 is 0 Å². The topological polar surface area (TPSA) is 59.0 Å². The van der Waals surface area contributed by atoms with Crippen molar-refractivity contribution in [3.05, 3.63) is 18.2 Å². The van der Waals surface area contributed by atoms with Crippen molar-refractivity contribution in [1.82, 2.24) is 20.2 Å². The van der Waals surface area contributed by atoms with Crippen LogP contribution in [-0.2, 0) is 11.3 Å². The van der Waals surface area contributed by atoms with E-state index in [9.17, 15) is 4.79 Å². The van der Waals surface area contributed by atoms with Crippen LogP contribution in [0.1, 0.15) is 32.0 Å². The summed E-state index contributed by atoms with van der Waals surface area (Å²) in [5.74, 6) is 2.19. The van der Waals surface area contributed by atoms with Crippen LogP contribution >= 0.6 is 0 Å². The fourth-order valence-corrected chi connectivity index (χ4v) is 2.07. The van der Waals surface area contributed by atoms with Crippen molar-refractivity contribution in [3.8, 4) is 0 Å². The molecule has 1 aliphatic rings. The van der Waals surface area contributed by atoms with E-state index in [1.807, 2.05) is 6.20 Å². The third-order valence-electron chi connectivity index (χ3n) is 3.30. The second kappa shape index (κ2) is 6.00. The highest BCUT2D eigenvalue weighted by Crippen LogP contribution is 2.11. The Morgan fingerprint density at radius 1 is 1.61 bits per heavy atom. The minimum Gasteiger partial charge on any atom is -0.356 e. The van der Waals surface area contributed by atoms with Gasteiger partial charge in [0, 0.05) is 56.8 Å². The molecule has 0 atom stereocenters. The smallest absolute Gasteiger partial charge is 0.221 e. The van der Waals surface area contributed by atoms with Gasteiger partial charge < -0.3 is 15.2 Å². The lowest BCUT2D eigenvalue weighted by atomic mass is 10.0. The average Bonchev–Trinajstić information content (AvgIpc) is 2.72. The van der Waals surface area contributed by atoms with Gasteiger partial charge in [-0.1, -0.05) is 13.8 Å². The molecule has 0 bridgehead atoms. The van der Waals surface area contributed by atoms with Gasteiger partial charge in [-0.15, -0.1) is 0 Å². The first-order valence-electron chi connectivity index (χ1n) is 6.65. The molecule has 1 aromatic heterocycles. The second-order valence-corrected chi connectivity index (χ2v) is 5.21.